The van der Waals surface area contributed by atoms with E-state index < -0.39 is 11.7 Å². The van der Waals surface area contributed by atoms with Crippen molar-refractivity contribution >= 4 is 34.7 Å². The van der Waals surface area contributed by atoms with Crippen molar-refractivity contribution in [2.24, 2.45) is 0 Å². The lowest BCUT2D eigenvalue weighted by molar-refractivity contribution is -0.439. The van der Waals surface area contributed by atoms with Crippen LogP contribution in [0, 0.1) is 6.92 Å². The van der Waals surface area contributed by atoms with Gasteiger partial charge in [0, 0.05) is 49.5 Å². The fourth-order valence-corrected chi connectivity index (χ4v) is 7.03. The predicted molar refractivity (Wildman–Crippen MR) is 202 cm³/mol. The third-order valence-electron chi connectivity index (χ3n) is 9.33. The molecule has 2 heterocycles. The molecule has 0 N–H and O–H groups in total. The summed E-state index contributed by atoms with van der Waals surface area (Å²) in [5.74, 6) is 0. The monoisotopic (exact) mass is 680 g/mol. The molecule has 0 aromatic heterocycles. The number of hydrogen-bond donors (Lipinski definition) is 0. The minimum atomic E-state index is -4.30. The van der Waals surface area contributed by atoms with Crippen molar-refractivity contribution in [3.63, 3.8) is 0 Å². The smallest absolute Gasteiger partial charge is 0.319 e. The molecule has 0 spiro atoms. The number of fused-ring (bicyclic) bond motifs is 2. The molecule has 0 amide bonds. The van der Waals surface area contributed by atoms with Gasteiger partial charge in [-0.05, 0) is 54.4 Å². The average Bonchev–Trinajstić information content (AvgIpc) is 3.15. The topological polar surface area (TPSA) is 12.5 Å². The predicted octanol–water partition coefficient (Wildman–Crippen LogP) is 10.1. The second-order valence-corrected chi connectivity index (χ2v) is 12.9. The molecule has 6 aromatic carbocycles. The van der Waals surface area contributed by atoms with Crippen LogP contribution in [-0.2, 0) is 6.18 Å². The molecule has 254 valence electrons. The number of anilines is 2. The summed E-state index contributed by atoms with van der Waals surface area (Å²) in [5.41, 5.74) is 12.3. The van der Waals surface area contributed by atoms with Crippen LogP contribution in [0.1, 0.15) is 27.8 Å². The Morgan fingerprint density at radius 2 is 1.10 bits per heavy atom. The third-order valence-corrected chi connectivity index (χ3v) is 9.33. The Labute approximate surface area is 297 Å². The van der Waals surface area contributed by atoms with Gasteiger partial charge in [-0.3, -0.25) is 0 Å². The zero-order valence-electron chi connectivity index (χ0n) is 28.8. The Balaban J connectivity index is 0.000000166. The van der Waals surface area contributed by atoms with Crippen LogP contribution in [0.5, 0.6) is 0 Å². The molecule has 7 heteroatoms. The molecule has 6 aromatic rings. The summed E-state index contributed by atoms with van der Waals surface area (Å²) in [5, 5.41) is 0. The van der Waals surface area contributed by atoms with Crippen molar-refractivity contribution in [2.75, 3.05) is 37.2 Å². The molecule has 0 saturated heterocycles. The SMILES string of the molecule is CN1C[N+](c2ccccc2)=C(c2ccccc2)c2cccc(-c3ccccc3)c21.Cc1cccc2c1N(C)C[N+](c1ccc(C(F)(F)F)cc1)=C2. The number of rotatable bonds is 4. The second-order valence-electron chi connectivity index (χ2n) is 12.9. The van der Waals surface area contributed by atoms with Crippen molar-refractivity contribution in [3.8, 4) is 11.1 Å². The zero-order valence-corrected chi connectivity index (χ0v) is 28.8. The molecule has 0 atom stereocenters. The van der Waals surface area contributed by atoms with Gasteiger partial charge in [-0.1, -0.05) is 91.0 Å². The van der Waals surface area contributed by atoms with E-state index in [1.165, 1.54) is 57.0 Å². The first kappa shape index (κ1) is 33.5. The summed E-state index contributed by atoms with van der Waals surface area (Å²) < 4.78 is 42.3. The number of halogens is 3. The summed E-state index contributed by atoms with van der Waals surface area (Å²) in [6.07, 6.45) is -2.32. The van der Waals surface area contributed by atoms with E-state index in [0.717, 1.165) is 35.7 Å². The van der Waals surface area contributed by atoms with E-state index in [2.05, 4.69) is 144 Å². The molecular weight excluding hydrogens is 642 g/mol. The third kappa shape index (κ3) is 6.93. The number of nitrogens with zero attached hydrogens (tertiary/aromatic N) is 4. The van der Waals surface area contributed by atoms with Crippen LogP contribution in [0.2, 0.25) is 0 Å². The molecule has 0 bridgehead atoms. The van der Waals surface area contributed by atoms with Crippen molar-refractivity contribution in [1.82, 2.24) is 0 Å². The number of para-hydroxylation sites is 3. The van der Waals surface area contributed by atoms with Gasteiger partial charge in [0.15, 0.2) is 6.21 Å². The largest absolute Gasteiger partial charge is 0.416 e. The molecule has 0 saturated carbocycles. The van der Waals surface area contributed by atoms with E-state index in [1.807, 2.05) is 30.0 Å². The summed E-state index contributed by atoms with van der Waals surface area (Å²) >= 11 is 0. The first-order valence-corrected chi connectivity index (χ1v) is 16.9. The van der Waals surface area contributed by atoms with Gasteiger partial charge >= 0.3 is 6.18 Å². The average molecular weight is 681 g/mol. The van der Waals surface area contributed by atoms with E-state index in [-0.39, 0.29) is 0 Å². The minimum absolute atomic E-state index is 0.600. The molecular formula is C44H39F3N4+2. The van der Waals surface area contributed by atoms with Gasteiger partial charge in [-0.25, -0.2) is 0 Å². The number of hydrogen-bond acceptors (Lipinski definition) is 2. The number of aryl methyl sites for hydroxylation is 1. The molecule has 8 rings (SSSR count). The lowest BCUT2D eigenvalue weighted by Crippen LogP contribution is -2.37. The fraction of sp³-hybridized carbons (Fsp3) is 0.136. The van der Waals surface area contributed by atoms with E-state index in [4.69, 9.17) is 0 Å². The first-order chi connectivity index (χ1) is 24.7. The first-order valence-electron chi connectivity index (χ1n) is 16.9. The van der Waals surface area contributed by atoms with E-state index in [0.29, 0.717) is 6.67 Å². The zero-order chi connectivity index (χ0) is 35.5. The molecule has 2 aliphatic heterocycles. The van der Waals surface area contributed by atoms with E-state index in [1.54, 1.807) is 0 Å². The maximum Gasteiger partial charge on any atom is 0.416 e. The molecule has 51 heavy (non-hydrogen) atoms. The van der Waals surface area contributed by atoms with Gasteiger partial charge in [0.05, 0.1) is 28.1 Å². The normalized spacial score (nSPS) is 13.9. The van der Waals surface area contributed by atoms with Gasteiger partial charge < -0.3 is 9.80 Å². The molecule has 0 fully saturated rings. The highest BCUT2D eigenvalue weighted by Crippen LogP contribution is 2.38. The minimum Gasteiger partial charge on any atom is -0.319 e. The second kappa shape index (κ2) is 14.1. The van der Waals surface area contributed by atoms with E-state index in [9.17, 15) is 13.2 Å². The lowest BCUT2D eigenvalue weighted by Gasteiger charge is -2.29. The molecule has 0 aliphatic carbocycles. The van der Waals surface area contributed by atoms with E-state index >= 15 is 0 Å². The molecule has 2 aliphatic rings. The van der Waals surface area contributed by atoms with Crippen molar-refractivity contribution < 1.29 is 22.3 Å². The van der Waals surface area contributed by atoms with Crippen LogP contribution in [0.3, 0.4) is 0 Å². The van der Waals surface area contributed by atoms with Crippen LogP contribution in [0.4, 0.5) is 35.9 Å². The maximum atomic E-state index is 12.6. The number of benzene rings is 6. The van der Waals surface area contributed by atoms with Crippen LogP contribution in [0.15, 0.2) is 152 Å². The summed E-state index contributed by atoms with van der Waals surface area (Å²) in [6, 6.07) is 50.0. The highest BCUT2D eigenvalue weighted by atomic mass is 19.4. The van der Waals surface area contributed by atoms with Gasteiger partial charge in [-0.2, -0.15) is 22.3 Å². The standard InChI is InChI=1S/C27H23N2.C17H16F3N2/c1-28-20-29(23-16-9-4-10-17-23)26(22-14-7-3-8-15-22)25-19-11-18-24(27(25)28)21-12-5-2-6-13-21;1-12-4-3-5-13-10-22(11-21(2)16(12)13)15-8-6-14(7-9-15)17(18,19)20/h2-19H,20H2,1H3;3-10H,11H2,1-2H3/q2*+1. The summed E-state index contributed by atoms with van der Waals surface area (Å²) in [4.78, 5) is 4.46. The number of alkyl halides is 3. The van der Waals surface area contributed by atoms with Crippen molar-refractivity contribution in [3.05, 3.63) is 179 Å². The van der Waals surface area contributed by atoms with Gasteiger partial charge in [0.1, 0.15) is 0 Å². The summed E-state index contributed by atoms with van der Waals surface area (Å²) in [6.45, 7) is 3.45. The van der Waals surface area contributed by atoms with Crippen molar-refractivity contribution in [1.29, 1.82) is 0 Å². The molecule has 0 unspecified atom stereocenters. The Morgan fingerprint density at radius 1 is 0.529 bits per heavy atom. The van der Waals surface area contributed by atoms with Crippen LogP contribution in [-0.4, -0.2) is 48.5 Å². The van der Waals surface area contributed by atoms with Crippen LogP contribution >= 0.6 is 0 Å². The van der Waals surface area contributed by atoms with Crippen LogP contribution < -0.4 is 9.80 Å². The molecule has 4 nitrogen and oxygen atoms in total. The lowest BCUT2D eigenvalue weighted by atomic mass is 9.92. The Bertz CT molecular complexity index is 2210. The van der Waals surface area contributed by atoms with Crippen LogP contribution in [0.25, 0.3) is 11.1 Å². The highest BCUT2D eigenvalue weighted by Gasteiger charge is 2.33. The summed E-state index contributed by atoms with van der Waals surface area (Å²) in [7, 11) is 4.17. The van der Waals surface area contributed by atoms with Crippen molar-refractivity contribution in [2.45, 2.75) is 13.1 Å². The van der Waals surface area contributed by atoms with Gasteiger partial charge in [0.25, 0.3) is 0 Å². The Morgan fingerprint density at radius 3 is 1.75 bits per heavy atom. The fourth-order valence-electron chi connectivity index (χ4n) is 7.03. The molecule has 0 radical (unpaired) electrons. The Hall–Kier alpha value is -5.95. The Kier molecular flexibility index (Phi) is 9.28. The quantitative estimate of drug-likeness (QED) is 0.172. The van der Waals surface area contributed by atoms with Gasteiger partial charge in [0.2, 0.25) is 30.4 Å². The highest BCUT2D eigenvalue weighted by molar-refractivity contribution is 6.15. The maximum absolute atomic E-state index is 12.6. The van der Waals surface area contributed by atoms with Gasteiger partial charge in [-0.15, -0.1) is 0 Å².